The smallest absolute Gasteiger partial charge is 0.184 e. The Balaban J connectivity index is 1.64. The maximum atomic E-state index is 6.38. The van der Waals surface area contributed by atoms with Crippen LogP contribution in [0.3, 0.4) is 0 Å². The van der Waals surface area contributed by atoms with Gasteiger partial charge in [-0.15, -0.1) is 0 Å². The van der Waals surface area contributed by atoms with E-state index in [1.54, 1.807) is 0 Å². The zero-order valence-corrected chi connectivity index (χ0v) is 14.7. The molecule has 2 aliphatic rings. The number of fused-ring (bicyclic) bond motifs is 1. The van der Waals surface area contributed by atoms with Crippen molar-refractivity contribution in [3.63, 3.8) is 0 Å². The molecule has 2 aromatic rings. The second-order valence-electron chi connectivity index (χ2n) is 6.78. The van der Waals surface area contributed by atoms with Crippen LogP contribution >= 0.6 is 11.6 Å². The van der Waals surface area contributed by atoms with Crippen LogP contribution < -0.4 is 14.4 Å². The van der Waals surface area contributed by atoms with Crippen molar-refractivity contribution < 1.29 is 9.47 Å². The Labute approximate surface area is 148 Å². The first kappa shape index (κ1) is 15.6. The lowest BCUT2D eigenvalue weighted by atomic mass is 9.95. The van der Waals surface area contributed by atoms with Crippen LogP contribution in [-0.4, -0.2) is 19.7 Å². The molecule has 0 aromatic heterocycles. The van der Waals surface area contributed by atoms with Crippen molar-refractivity contribution in [2.75, 3.05) is 24.6 Å². The molecule has 1 fully saturated rings. The highest BCUT2D eigenvalue weighted by Gasteiger charge is 2.36. The number of rotatable bonds is 2. The second kappa shape index (κ2) is 6.21. The maximum absolute atomic E-state index is 6.38. The van der Waals surface area contributed by atoms with Gasteiger partial charge in [-0.25, -0.2) is 0 Å². The van der Waals surface area contributed by atoms with Gasteiger partial charge in [-0.05, 0) is 56.0 Å². The summed E-state index contributed by atoms with van der Waals surface area (Å²) in [4.78, 5) is 2.41. The van der Waals surface area contributed by atoms with Gasteiger partial charge >= 0.3 is 0 Å². The Morgan fingerprint density at radius 1 is 1.00 bits per heavy atom. The number of ether oxygens (including phenoxy) is 2. The third kappa shape index (κ3) is 2.82. The highest BCUT2D eigenvalue weighted by molar-refractivity contribution is 6.30. The summed E-state index contributed by atoms with van der Waals surface area (Å²) in [7, 11) is 0. The quantitative estimate of drug-likeness (QED) is 0.764. The van der Waals surface area contributed by atoms with E-state index in [-0.39, 0.29) is 0 Å². The summed E-state index contributed by atoms with van der Waals surface area (Å²) in [6.07, 6.45) is 3.80. The topological polar surface area (TPSA) is 21.7 Å². The minimum atomic E-state index is -0.502. The van der Waals surface area contributed by atoms with Crippen LogP contribution in [-0.2, 0) is 5.60 Å². The van der Waals surface area contributed by atoms with E-state index >= 15 is 0 Å². The number of nitrogens with zero attached hydrogens (tertiary/aromatic N) is 1. The molecule has 0 radical (unpaired) electrons. The highest BCUT2D eigenvalue weighted by Crippen LogP contribution is 2.45. The third-order valence-electron chi connectivity index (χ3n) is 4.94. The van der Waals surface area contributed by atoms with Crippen molar-refractivity contribution in [3.05, 3.63) is 53.1 Å². The number of halogens is 1. The molecule has 0 bridgehead atoms. The summed E-state index contributed by atoms with van der Waals surface area (Å²) < 4.78 is 12.6. The number of piperidine rings is 1. The van der Waals surface area contributed by atoms with Crippen LogP contribution in [0, 0.1) is 0 Å². The monoisotopic (exact) mass is 343 g/mol. The lowest BCUT2D eigenvalue weighted by Gasteiger charge is -2.38. The minimum Gasteiger partial charge on any atom is -0.483 e. The molecule has 2 heterocycles. The molecule has 24 heavy (non-hydrogen) atoms. The predicted octanol–water partition coefficient (Wildman–Crippen LogP) is 5.02. The molecule has 0 amide bonds. The average Bonchev–Trinajstić information content (AvgIpc) is 2.62. The Hall–Kier alpha value is -1.87. The Morgan fingerprint density at radius 3 is 2.50 bits per heavy atom. The predicted molar refractivity (Wildman–Crippen MR) is 97.4 cm³/mol. The molecule has 1 unspecified atom stereocenters. The number of benzene rings is 2. The molecular formula is C20H22ClNO2. The Morgan fingerprint density at radius 2 is 1.75 bits per heavy atom. The van der Waals surface area contributed by atoms with Crippen LogP contribution in [0.2, 0.25) is 5.02 Å². The van der Waals surface area contributed by atoms with E-state index in [0.29, 0.717) is 6.61 Å². The molecule has 3 nitrogen and oxygen atoms in total. The van der Waals surface area contributed by atoms with Crippen LogP contribution in [0.4, 0.5) is 5.69 Å². The molecule has 126 valence electrons. The molecule has 4 heteroatoms. The third-order valence-corrected chi connectivity index (χ3v) is 5.19. The summed E-state index contributed by atoms with van der Waals surface area (Å²) in [5.74, 6) is 1.70. The molecule has 0 spiro atoms. The second-order valence-corrected chi connectivity index (χ2v) is 7.22. The standard InChI is InChI=1S/C20H22ClNO2/c1-20(15-8-10-16(21)11-9-15)14-23-19-17(6-5-7-18(19)24-20)22-12-3-2-4-13-22/h5-11H,2-4,12-14H2,1H3. The van der Waals surface area contributed by atoms with E-state index in [2.05, 4.69) is 24.0 Å². The summed E-state index contributed by atoms with van der Waals surface area (Å²) >= 11 is 6.01. The normalized spacial score (nSPS) is 23.2. The fraction of sp³-hybridized carbons (Fsp3) is 0.400. The van der Waals surface area contributed by atoms with Gasteiger partial charge in [0, 0.05) is 18.1 Å². The molecular weight excluding hydrogens is 322 g/mol. The van der Waals surface area contributed by atoms with Crippen molar-refractivity contribution in [3.8, 4) is 11.5 Å². The minimum absolute atomic E-state index is 0.493. The first-order valence-electron chi connectivity index (χ1n) is 8.62. The molecule has 0 aliphatic carbocycles. The average molecular weight is 344 g/mol. The number of anilines is 1. The molecule has 2 aromatic carbocycles. The van der Waals surface area contributed by atoms with Crippen LogP contribution in [0.1, 0.15) is 31.7 Å². The van der Waals surface area contributed by atoms with E-state index in [0.717, 1.165) is 40.9 Å². The van der Waals surface area contributed by atoms with E-state index in [1.807, 2.05) is 30.3 Å². The van der Waals surface area contributed by atoms with Gasteiger partial charge in [0.2, 0.25) is 0 Å². The lowest BCUT2D eigenvalue weighted by molar-refractivity contribution is 0.00281. The van der Waals surface area contributed by atoms with Crippen molar-refractivity contribution in [1.82, 2.24) is 0 Å². The fourth-order valence-corrected chi connectivity index (χ4v) is 3.67. The van der Waals surface area contributed by atoms with Gasteiger partial charge in [0.15, 0.2) is 17.1 Å². The first-order chi connectivity index (χ1) is 11.7. The zero-order valence-electron chi connectivity index (χ0n) is 13.9. The Kier molecular flexibility index (Phi) is 4.05. The molecule has 4 rings (SSSR count). The van der Waals surface area contributed by atoms with Gasteiger partial charge < -0.3 is 14.4 Å². The summed E-state index contributed by atoms with van der Waals surface area (Å²) in [6, 6.07) is 14.0. The maximum Gasteiger partial charge on any atom is 0.184 e. The molecule has 2 aliphatic heterocycles. The van der Waals surface area contributed by atoms with Gasteiger partial charge in [0.25, 0.3) is 0 Å². The van der Waals surface area contributed by atoms with Gasteiger partial charge in [-0.3, -0.25) is 0 Å². The van der Waals surface area contributed by atoms with E-state index in [4.69, 9.17) is 21.1 Å². The lowest BCUT2D eigenvalue weighted by Crippen LogP contribution is -2.40. The van der Waals surface area contributed by atoms with Crippen molar-refractivity contribution >= 4 is 17.3 Å². The molecule has 1 saturated heterocycles. The highest BCUT2D eigenvalue weighted by atomic mass is 35.5. The molecule has 0 N–H and O–H groups in total. The van der Waals surface area contributed by atoms with Crippen LogP contribution in [0.5, 0.6) is 11.5 Å². The van der Waals surface area contributed by atoms with Crippen molar-refractivity contribution in [1.29, 1.82) is 0 Å². The summed E-state index contributed by atoms with van der Waals surface area (Å²) in [5.41, 5.74) is 1.73. The van der Waals surface area contributed by atoms with Gasteiger partial charge in [-0.1, -0.05) is 29.8 Å². The fourth-order valence-electron chi connectivity index (χ4n) is 3.54. The van der Waals surface area contributed by atoms with Crippen LogP contribution in [0.25, 0.3) is 0 Å². The van der Waals surface area contributed by atoms with Gasteiger partial charge in [-0.2, -0.15) is 0 Å². The number of hydrogen-bond acceptors (Lipinski definition) is 3. The van der Waals surface area contributed by atoms with Gasteiger partial charge in [0.1, 0.15) is 6.61 Å². The number of hydrogen-bond donors (Lipinski definition) is 0. The summed E-state index contributed by atoms with van der Waals surface area (Å²) in [6.45, 7) is 4.74. The first-order valence-corrected chi connectivity index (χ1v) is 8.99. The molecule has 1 atom stereocenters. The number of para-hydroxylation sites is 1. The largest absolute Gasteiger partial charge is 0.483 e. The van der Waals surface area contributed by atoms with Crippen molar-refractivity contribution in [2.24, 2.45) is 0 Å². The Bertz CT molecular complexity index is 725. The van der Waals surface area contributed by atoms with Crippen LogP contribution in [0.15, 0.2) is 42.5 Å². The summed E-state index contributed by atoms with van der Waals surface area (Å²) in [5, 5.41) is 0.729. The zero-order chi connectivity index (χ0) is 16.6. The van der Waals surface area contributed by atoms with E-state index in [1.165, 1.54) is 19.3 Å². The van der Waals surface area contributed by atoms with Gasteiger partial charge in [0.05, 0.1) is 5.69 Å². The van der Waals surface area contributed by atoms with E-state index in [9.17, 15) is 0 Å². The molecule has 0 saturated carbocycles. The van der Waals surface area contributed by atoms with E-state index < -0.39 is 5.60 Å². The van der Waals surface area contributed by atoms with Crippen molar-refractivity contribution in [2.45, 2.75) is 31.8 Å². The SMILES string of the molecule is CC1(c2ccc(Cl)cc2)COc2c(cccc2N2CCCCC2)O1.